The highest BCUT2D eigenvalue weighted by atomic mass is 32.2. The molecular weight excluding hydrogens is 1770 g/mol. The molecule has 0 unspecified atom stereocenters. The van der Waals surface area contributed by atoms with Gasteiger partial charge in [-0.3, -0.25) is 19.2 Å². The smallest absolute Gasteiger partial charge is 0.460 e. The molecule has 0 saturated carbocycles. The first-order chi connectivity index (χ1) is 59.2. The number of furan rings is 4. The number of sulfone groups is 4. The van der Waals surface area contributed by atoms with E-state index in [0.29, 0.717) is 29.1 Å². The number of nitrogens with zero attached hydrogens (tertiary/aromatic N) is 12. The number of para-hydroxylation sites is 1. The van der Waals surface area contributed by atoms with Crippen molar-refractivity contribution in [3.05, 3.63) is 253 Å². The number of hydrogen-bond donors (Lipinski definition) is 0. The molecule has 0 fully saturated rings. The van der Waals surface area contributed by atoms with Gasteiger partial charge in [-0.2, -0.15) is 26.3 Å². The Morgan fingerprint density at radius 2 is 0.598 bits per heavy atom. The van der Waals surface area contributed by atoms with Crippen molar-refractivity contribution in [2.75, 3.05) is 53.2 Å². The summed E-state index contributed by atoms with van der Waals surface area (Å²) in [5.41, 5.74) is -2.71. The lowest BCUT2D eigenvalue weighted by Gasteiger charge is -2.14. The number of hydrogen-bond acceptors (Lipinski definition) is 25. The number of fused-ring (bicyclic) bond motifs is 4. The van der Waals surface area contributed by atoms with Crippen LogP contribution in [-0.2, 0) is 51.7 Å². The van der Waals surface area contributed by atoms with Crippen molar-refractivity contribution in [3.63, 3.8) is 0 Å². The molecule has 658 valence electrons. The van der Waals surface area contributed by atoms with Gasteiger partial charge in [-0.05, 0) is 142 Å². The maximum atomic E-state index is 14.2. The Morgan fingerprint density at radius 3 is 0.890 bits per heavy atom. The summed E-state index contributed by atoms with van der Waals surface area (Å²) in [6, 6.07) is 31.0. The Labute approximate surface area is 713 Å². The maximum absolute atomic E-state index is 14.2. The van der Waals surface area contributed by atoms with Crippen LogP contribution in [0.25, 0.3) is 92.9 Å². The topological polar surface area (TPSA) is 383 Å². The van der Waals surface area contributed by atoms with Crippen LogP contribution in [0.4, 0.5) is 48.3 Å². The normalized spacial score (nSPS) is 15.4. The van der Waals surface area contributed by atoms with Crippen LogP contribution >= 0.6 is 0 Å². The van der Waals surface area contributed by atoms with Gasteiger partial charge in [-0.15, -0.1) is 13.2 Å². The summed E-state index contributed by atoms with van der Waals surface area (Å²) in [6.07, 6.45) is -5.92. The highest BCUT2D eigenvalue weighted by Crippen LogP contribution is 2.46. The summed E-state index contributed by atoms with van der Waals surface area (Å²) in [7, 11) is -10.0. The summed E-state index contributed by atoms with van der Waals surface area (Å²) in [6.45, 7) is 6.68. The lowest BCUT2D eigenvalue weighted by Crippen LogP contribution is -2.18. The van der Waals surface area contributed by atoms with Crippen LogP contribution in [0.5, 0.6) is 5.75 Å². The summed E-state index contributed by atoms with van der Waals surface area (Å²) < 4.78 is 271. The maximum Gasteiger partial charge on any atom is 0.573 e. The van der Waals surface area contributed by atoms with Gasteiger partial charge in [0.15, 0.2) is 23.0 Å². The van der Waals surface area contributed by atoms with E-state index in [0.717, 1.165) is 76.1 Å². The zero-order valence-electron chi connectivity index (χ0n) is 67.7. The number of ether oxygens (including phenoxy) is 1. The second-order valence-electron chi connectivity index (χ2n) is 28.5. The van der Waals surface area contributed by atoms with Crippen LogP contribution < -0.4 is 4.74 Å². The third-order valence-corrected chi connectivity index (χ3v) is 22.5. The van der Waals surface area contributed by atoms with Gasteiger partial charge in [-0.1, -0.05) is 60.7 Å². The van der Waals surface area contributed by atoms with Crippen molar-refractivity contribution < 1.29 is 124 Å². The molecule has 127 heavy (non-hydrogen) atoms. The Morgan fingerprint density at radius 1 is 0.331 bits per heavy atom. The monoisotopic (exact) mass is 1840 g/mol. The number of aromatic nitrogens is 8. The average molecular weight is 1840 g/mol. The second-order valence-corrected chi connectivity index (χ2v) is 36.2. The number of halogens is 11. The molecule has 0 radical (unpaired) electrons. The van der Waals surface area contributed by atoms with E-state index in [2.05, 4.69) is 44.6 Å². The Balaban J connectivity index is 0.000000145. The predicted octanol–water partition coefficient (Wildman–Crippen LogP) is 15.3. The van der Waals surface area contributed by atoms with Crippen molar-refractivity contribution in [1.82, 2.24) is 59.5 Å². The highest BCUT2D eigenvalue weighted by Gasteiger charge is 2.45. The second kappa shape index (κ2) is 33.5. The van der Waals surface area contributed by atoms with E-state index >= 15 is 0 Å². The molecule has 4 aromatic carbocycles. The molecule has 0 atom stereocenters. The van der Waals surface area contributed by atoms with Gasteiger partial charge in [-0.25, -0.2) is 82.3 Å². The number of alkyl halides is 9. The first kappa shape index (κ1) is 90.7. The lowest BCUT2D eigenvalue weighted by atomic mass is 10.0. The summed E-state index contributed by atoms with van der Waals surface area (Å²) >= 11 is 0. The summed E-state index contributed by atoms with van der Waals surface area (Å²) in [5.74, 6) is -1.65. The molecule has 0 N–H and O–H groups in total. The molecule has 0 saturated heterocycles. The molecule has 0 aliphatic carbocycles. The van der Waals surface area contributed by atoms with E-state index < -0.39 is 136 Å². The molecule has 8 aromatic heterocycles. The predicted molar refractivity (Wildman–Crippen MR) is 433 cm³/mol. The molecule has 16 rings (SSSR count). The van der Waals surface area contributed by atoms with Crippen LogP contribution in [0.3, 0.4) is 0 Å². The fourth-order valence-corrected chi connectivity index (χ4v) is 15.2. The van der Waals surface area contributed by atoms with E-state index in [9.17, 15) is 101 Å². The Hall–Kier alpha value is -14.0. The molecule has 4 aliphatic heterocycles. The number of rotatable bonds is 13. The van der Waals surface area contributed by atoms with Crippen LogP contribution in [0.15, 0.2) is 178 Å². The highest BCUT2D eigenvalue weighted by molar-refractivity contribution is 7.91. The number of aryl methyl sites for hydroxylation is 4. The van der Waals surface area contributed by atoms with Gasteiger partial charge >= 0.3 is 18.7 Å². The minimum atomic E-state index is -4.93. The lowest BCUT2D eigenvalue weighted by molar-refractivity contribution is -0.274. The van der Waals surface area contributed by atoms with Crippen LogP contribution in [0.2, 0.25) is 0 Å². The largest absolute Gasteiger partial charge is 0.573 e. The Kier molecular flexibility index (Phi) is 23.9. The number of carbonyl (C=O) groups excluding carboxylic acids is 4. The van der Waals surface area contributed by atoms with Crippen LogP contribution in [0.1, 0.15) is 121 Å². The van der Waals surface area contributed by atoms with Gasteiger partial charge in [0.2, 0.25) is 60.0 Å². The molecule has 0 bridgehead atoms. The average Bonchev–Trinajstić information content (AvgIpc) is 1.60. The molecule has 4 aliphatic rings. The first-order valence-corrected chi connectivity index (χ1v) is 44.1. The van der Waals surface area contributed by atoms with E-state index in [4.69, 9.17) is 17.7 Å². The summed E-state index contributed by atoms with van der Waals surface area (Å²) in [4.78, 5) is 89.1. The van der Waals surface area contributed by atoms with E-state index in [-0.39, 0.29) is 130 Å². The SMILES string of the molecule is Cc1ccc(-c2nc(S(C)(=O)=O)nc3c2C(=O)N(C)/C3=C\c2ccc(F)cc2C(F)(F)F)o1.Cc1ccc(-c2nc(S(C)(=O)=O)nc3c2C(=O)N(C)/C3=C\c2ccccc2C(F)(F)F)o1.Cc1ccc(-c2nc(S(C)(=O)=O)nc3c2C(=O)N(C)/C3=C\c2ccccc2F)o1.Cc1ccc(-c2nc(S(C)(=O)=O)nc3c2C(=O)N(C)/C3=C\c2ccccc2OC(F)(F)F)o1. The Bertz CT molecular complexity index is 7240. The summed E-state index contributed by atoms with van der Waals surface area (Å²) in [5, 5.41) is -2.20. The van der Waals surface area contributed by atoms with Crippen molar-refractivity contribution in [2.45, 2.75) is 67.0 Å². The zero-order chi connectivity index (χ0) is 92.8. The van der Waals surface area contributed by atoms with Crippen molar-refractivity contribution in [3.8, 4) is 51.6 Å². The number of benzene rings is 4. The van der Waals surface area contributed by atoms with Gasteiger partial charge in [0.05, 0.1) is 56.2 Å². The molecule has 29 nitrogen and oxygen atoms in total. The zero-order valence-corrected chi connectivity index (χ0v) is 71.0. The van der Waals surface area contributed by atoms with Crippen LogP contribution in [-0.4, -0.2) is 176 Å². The van der Waals surface area contributed by atoms with E-state index in [1.54, 1.807) is 76.2 Å². The van der Waals surface area contributed by atoms with Crippen molar-refractivity contribution in [1.29, 1.82) is 0 Å². The molecule has 4 amide bonds. The first-order valence-electron chi connectivity index (χ1n) is 36.5. The number of amides is 4. The number of carbonyl (C=O) groups is 4. The minimum absolute atomic E-state index is 0.00670. The molecule has 12 heterocycles. The van der Waals surface area contributed by atoms with Crippen molar-refractivity contribution in [2.24, 2.45) is 0 Å². The van der Waals surface area contributed by atoms with Crippen molar-refractivity contribution >= 4 is 110 Å². The molecule has 12 aromatic rings. The van der Waals surface area contributed by atoms with Gasteiger partial charge in [0.1, 0.15) is 86.0 Å². The quantitative estimate of drug-likeness (QED) is 0.0764. The fraction of sp³-hybridized carbons (Fsp3) is 0.181. The standard InChI is InChI=1S/C21H15F4N3O4S.C21H16F3N3O5S.C21H16F3N3O4S.C20H16FN3O4S/c1-10-4-7-15(32-10)18-16-17(26-20(27-18)33(3,30)31)14(28(2)19(16)29)8-11-5-6-12(22)9-13(11)21(23,24)25;1-11-8-9-15(31-11)18-16-17(25-20(26-18)33(3,29)30)13(27(2)19(16)28)10-12-6-4-5-7-14(12)32-21(22,23)24;1-11-8-9-15(31-11)18-16-17(25-20(26-18)32(3,29)30)14(27(2)19(16)28)10-12-6-4-5-7-13(12)21(22,23)24;1-11-8-9-15(28-11)18-16-17(22-20(23-18)29(3,26)27)14(24(2)19(16)25)10-12-6-4-5-7-13(12)21/h4-9H,1-3H3;4-10H,1-3H3;4-10H,1-3H3;4-10H,1-3H3/b14-8-;13-10-;2*14-10-. The van der Waals surface area contributed by atoms with Gasteiger partial charge in [0, 0.05) is 64.3 Å². The fourth-order valence-electron chi connectivity index (χ4n) is 13.1. The molecule has 0 spiro atoms. The molecular formula is C83H63F11N12O17S4. The van der Waals surface area contributed by atoms with Crippen LogP contribution in [0, 0.1) is 39.3 Å². The van der Waals surface area contributed by atoms with E-state index in [1.165, 1.54) is 106 Å². The molecule has 44 heteroatoms. The minimum Gasteiger partial charge on any atom is -0.460 e. The van der Waals surface area contributed by atoms with Gasteiger partial charge < -0.3 is 42.0 Å². The van der Waals surface area contributed by atoms with E-state index in [1.807, 2.05) is 0 Å². The van der Waals surface area contributed by atoms with Gasteiger partial charge in [0.25, 0.3) is 23.6 Å². The third kappa shape index (κ3) is 18.7. The third-order valence-electron chi connectivity index (χ3n) is 19.1.